The molecule has 0 atom stereocenters. The van der Waals surface area contributed by atoms with Gasteiger partial charge in [-0.25, -0.2) is 0 Å². The van der Waals surface area contributed by atoms with Crippen LogP contribution in [0.1, 0.15) is 113 Å². The molecular formula is C39H51NS. The van der Waals surface area contributed by atoms with Crippen molar-refractivity contribution in [2.45, 2.75) is 108 Å². The number of benzene rings is 3. The standard InChI is InChI=1S/C39H51NS/c1-3-5-7-8-9-10-11-12-13-23-33-41-38-31-32-40(37(38)30-6-4-2)39(34-24-17-14-18-25-34,35-26-19-15-20-27-35)36-28-21-16-22-29-36/h14-22,24-29,31-32H,3-13,23,30,33H2,1-2H3. The molecule has 3 aromatic carbocycles. The highest BCUT2D eigenvalue weighted by Gasteiger charge is 2.39. The number of aromatic nitrogens is 1. The van der Waals surface area contributed by atoms with E-state index in [0.29, 0.717) is 0 Å². The smallest absolute Gasteiger partial charge is 0.120 e. The second kappa shape index (κ2) is 17.3. The van der Waals surface area contributed by atoms with E-state index in [0.717, 1.165) is 6.42 Å². The van der Waals surface area contributed by atoms with E-state index < -0.39 is 5.54 Å². The van der Waals surface area contributed by atoms with E-state index in [1.165, 1.54) is 110 Å². The lowest BCUT2D eigenvalue weighted by atomic mass is 9.76. The number of unbranched alkanes of at least 4 members (excludes halogenated alkanes) is 10. The topological polar surface area (TPSA) is 4.93 Å². The highest BCUT2D eigenvalue weighted by atomic mass is 32.2. The summed E-state index contributed by atoms with van der Waals surface area (Å²) in [5.74, 6) is 1.20. The van der Waals surface area contributed by atoms with Crippen LogP contribution in [-0.4, -0.2) is 10.3 Å². The molecule has 0 saturated carbocycles. The summed E-state index contributed by atoms with van der Waals surface area (Å²) in [5.41, 5.74) is 4.95. The first-order valence-corrected chi connectivity index (χ1v) is 17.3. The molecule has 0 aliphatic heterocycles. The van der Waals surface area contributed by atoms with Gasteiger partial charge in [-0.1, -0.05) is 169 Å². The summed E-state index contributed by atoms with van der Waals surface area (Å²) in [6.07, 6.45) is 19.8. The van der Waals surface area contributed by atoms with Crippen LogP contribution in [0, 0.1) is 0 Å². The first-order valence-electron chi connectivity index (χ1n) is 16.3. The largest absolute Gasteiger partial charge is 0.332 e. The summed E-state index contributed by atoms with van der Waals surface area (Å²) in [7, 11) is 0. The van der Waals surface area contributed by atoms with Crippen LogP contribution < -0.4 is 0 Å². The van der Waals surface area contributed by atoms with E-state index in [1.807, 2.05) is 0 Å². The fraction of sp³-hybridized carbons (Fsp3) is 0.436. The third-order valence-electron chi connectivity index (χ3n) is 8.41. The fourth-order valence-corrected chi connectivity index (χ4v) is 7.30. The minimum Gasteiger partial charge on any atom is -0.332 e. The Labute approximate surface area is 254 Å². The Morgan fingerprint density at radius 2 is 0.951 bits per heavy atom. The lowest BCUT2D eigenvalue weighted by molar-refractivity contribution is 0.490. The van der Waals surface area contributed by atoms with E-state index >= 15 is 0 Å². The molecule has 1 heterocycles. The van der Waals surface area contributed by atoms with E-state index in [4.69, 9.17) is 0 Å². The van der Waals surface area contributed by atoms with Crippen molar-refractivity contribution >= 4 is 11.8 Å². The second-order valence-corrected chi connectivity index (χ2v) is 12.6. The Balaban J connectivity index is 1.58. The summed E-state index contributed by atoms with van der Waals surface area (Å²) < 4.78 is 2.61. The summed E-state index contributed by atoms with van der Waals surface area (Å²) >= 11 is 2.08. The molecule has 2 heteroatoms. The number of thioether (sulfide) groups is 1. The molecule has 0 radical (unpaired) electrons. The number of rotatable bonds is 19. The molecule has 0 aliphatic carbocycles. The summed E-state index contributed by atoms with van der Waals surface area (Å²) in [6.45, 7) is 4.61. The van der Waals surface area contributed by atoms with Crippen LogP contribution in [-0.2, 0) is 12.0 Å². The van der Waals surface area contributed by atoms with Gasteiger partial charge in [-0.3, -0.25) is 0 Å². The number of nitrogens with zero attached hydrogens (tertiary/aromatic N) is 1. The van der Waals surface area contributed by atoms with Gasteiger partial charge in [-0.05, 0) is 47.8 Å². The van der Waals surface area contributed by atoms with Crippen LogP contribution in [0.3, 0.4) is 0 Å². The molecule has 4 aromatic rings. The Kier molecular flexibility index (Phi) is 13.2. The van der Waals surface area contributed by atoms with Crippen molar-refractivity contribution < 1.29 is 0 Å². The van der Waals surface area contributed by atoms with Gasteiger partial charge in [-0.2, -0.15) is 0 Å². The molecule has 0 aliphatic rings. The van der Waals surface area contributed by atoms with Gasteiger partial charge in [0, 0.05) is 16.8 Å². The monoisotopic (exact) mass is 565 g/mol. The summed E-state index contributed by atoms with van der Waals surface area (Å²) in [4.78, 5) is 1.46. The van der Waals surface area contributed by atoms with Crippen LogP contribution in [0.25, 0.3) is 0 Å². The first-order chi connectivity index (χ1) is 20.3. The molecule has 0 fully saturated rings. The maximum absolute atomic E-state index is 2.61. The SMILES string of the molecule is CCCCCCCCCCCCSc1ccn(C(c2ccccc2)(c2ccccc2)c2ccccc2)c1CCCC. The Morgan fingerprint density at radius 1 is 0.512 bits per heavy atom. The van der Waals surface area contributed by atoms with Gasteiger partial charge < -0.3 is 4.57 Å². The second-order valence-electron chi connectivity index (χ2n) is 11.4. The molecule has 0 N–H and O–H groups in total. The molecule has 41 heavy (non-hydrogen) atoms. The van der Waals surface area contributed by atoms with Crippen molar-refractivity contribution in [3.8, 4) is 0 Å². The number of hydrogen-bond acceptors (Lipinski definition) is 1. The average molecular weight is 566 g/mol. The predicted molar refractivity (Wildman–Crippen MR) is 180 cm³/mol. The molecule has 1 aromatic heterocycles. The molecule has 0 bridgehead atoms. The van der Waals surface area contributed by atoms with Crippen LogP contribution >= 0.6 is 11.8 Å². The molecule has 0 spiro atoms. The van der Waals surface area contributed by atoms with Crippen molar-refractivity contribution in [2.24, 2.45) is 0 Å². The van der Waals surface area contributed by atoms with Gasteiger partial charge in [0.25, 0.3) is 0 Å². The minimum absolute atomic E-state index is 0.428. The van der Waals surface area contributed by atoms with Gasteiger partial charge >= 0.3 is 0 Å². The minimum atomic E-state index is -0.428. The van der Waals surface area contributed by atoms with Crippen molar-refractivity contribution in [3.05, 3.63) is 126 Å². The van der Waals surface area contributed by atoms with Crippen molar-refractivity contribution in [2.75, 3.05) is 5.75 Å². The number of hydrogen-bond donors (Lipinski definition) is 0. The molecule has 4 rings (SSSR count). The van der Waals surface area contributed by atoms with E-state index in [2.05, 4.69) is 133 Å². The lowest BCUT2D eigenvalue weighted by Crippen LogP contribution is -2.38. The third kappa shape index (κ3) is 8.19. The van der Waals surface area contributed by atoms with Crippen LogP contribution in [0.4, 0.5) is 0 Å². The van der Waals surface area contributed by atoms with E-state index in [1.54, 1.807) is 0 Å². The zero-order valence-electron chi connectivity index (χ0n) is 25.6. The van der Waals surface area contributed by atoms with Crippen LogP contribution in [0.5, 0.6) is 0 Å². The molecule has 1 nitrogen and oxygen atoms in total. The highest BCUT2D eigenvalue weighted by Crippen LogP contribution is 2.44. The van der Waals surface area contributed by atoms with Crippen molar-refractivity contribution in [1.29, 1.82) is 0 Å². The zero-order valence-corrected chi connectivity index (χ0v) is 26.4. The van der Waals surface area contributed by atoms with E-state index in [-0.39, 0.29) is 0 Å². The Hall–Kier alpha value is -2.71. The quantitative estimate of drug-likeness (QED) is 0.0622. The lowest BCUT2D eigenvalue weighted by Gasteiger charge is -2.39. The summed E-state index contributed by atoms with van der Waals surface area (Å²) in [5, 5.41) is 0. The van der Waals surface area contributed by atoms with Gasteiger partial charge in [0.05, 0.1) is 0 Å². The molecular weight excluding hydrogens is 515 g/mol. The van der Waals surface area contributed by atoms with Gasteiger partial charge in [-0.15, -0.1) is 11.8 Å². The average Bonchev–Trinajstić information content (AvgIpc) is 3.43. The maximum Gasteiger partial charge on any atom is 0.120 e. The highest BCUT2D eigenvalue weighted by molar-refractivity contribution is 7.99. The predicted octanol–water partition coefficient (Wildman–Crippen LogP) is 11.7. The Morgan fingerprint density at radius 3 is 1.41 bits per heavy atom. The van der Waals surface area contributed by atoms with Gasteiger partial charge in [0.1, 0.15) is 5.54 Å². The first kappa shape index (κ1) is 31.2. The van der Waals surface area contributed by atoms with Crippen molar-refractivity contribution in [3.63, 3.8) is 0 Å². The summed E-state index contributed by atoms with van der Waals surface area (Å²) in [6, 6.07) is 35.7. The molecule has 0 saturated heterocycles. The fourth-order valence-electron chi connectivity index (χ4n) is 6.21. The molecule has 0 unspecified atom stereocenters. The van der Waals surface area contributed by atoms with Crippen LogP contribution in [0.2, 0.25) is 0 Å². The molecule has 218 valence electrons. The van der Waals surface area contributed by atoms with Crippen LogP contribution in [0.15, 0.2) is 108 Å². The normalized spacial score (nSPS) is 11.7. The third-order valence-corrected chi connectivity index (χ3v) is 9.58. The maximum atomic E-state index is 2.61. The Bertz CT molecular complexity index is 1130. The van der Waals surface area contributed by atoms with Crippen molar-refractivity contribution in [1.82, 2.24) is 4.57 Å². The zero-order chi connectivity index (χ0) is 28.6. The van der Waals surface area contributed by atoms with Gasteiger partial charge in [0.2, 0.25) is 0 Å². The van der Waals surface area contributed by atoms with Gasteiger partial charge in [0.15, 0.2) is 0 Å². The van der Waals surface area contributed by atoms with E-state index in [9.17, 15) is 0 Å². The molecule has 0 amide bonds.